The molecule has 0 radical (unpaired) electrons. The second kappa shape index (κ2) is 6.10. The van der Waals surface area contributed by atoms with Gasteiger partial charge in [0, 0.05) is 6.04 Å². The summed E-state index contributed by atoms with van der Waals surface area (Å²) >= 11 is 0. The van der Waals surface area contributed by atoms with Gasteiger partial charge in [-0.2, -0.15) is 4.98 Å². The number of aromatic nitrogens is 1. The summed E-state index contributed by atoms with van der Waals surface area (Å²) in [5, 5.41) is 12.6. The van der Waals surface area contributed by atoms with Gasteiger partial charge in [-0.25, -0.2) is 0 Å². The molecule has 0 aromatic carbocycles. The monoisotopic (exact) mass is 265 g/mol. The van der Waals surface area contributed by atoms with Crippen molar-refractivity contribution < 1.29 is 9.84 Å². The van der Waals surface area contributed by atoms with E-state index in [0.29, 0.717) is 30.5 Å². The van der Waals surface area contributed by atoms with Gasteiger partial charge in [0.1, 0.15) is 5.82 Å². The molecule has 1 fully saturated rings. The number of hydrogen-bond acceptors (Lipinski definition) is 5. The predicted octanol–water partition coefficient (Wildman–Crippen LogP) is 2.02. The van der Waals surface area contributed by atoms with Crippen LogP contribution in [0, 0.1) is 5.92 Å². The molecule has 1 aromatic heterocycles. The van der Waals surface area contributed by atoms with E-state index >= 15 is 0 Å². The number of aliphatic hydroxyl groups excluding tert-OH is 1. The molecule has 5 nitrogen and oxygen atoms in total. The summed E-state index contributed by atoms with van der Waals surface area (Å²) in [5.74, 6) is 1.90. The molecule has 2 unspecified atom stereocenters. The number of aliphatic hydroxyl groups is 1. The summed E-state index contributed by atoms with van der Waals surface area (Å²) in [4.78, 5) is 4.38. The van der Waals surface area contributed by atoms with Gasteiger partial charge in [-0.3, -0.25) is 0 Å². The molecule has 0 saturated heterocycles. The average Bonchev–Trinajstić information content (AvgIpc) is 3.12. The first-order chi connectivity index (χ1) is 9.04. The first-order valence-electron chi connectivity index (χ1n) is 6.88. The topological polar surface area (TPSA) is 80.4 Å². The lowest BCUT2D eigenvalue weighted by molar-refractivity contribution is 0.179. The van der Waals surface area contributed by atoms with Gasteiger partial charge < -0.3 is 20.9 Å². The van der Waals surface area contributed by atoms with Crippen molar-refractivity contribution in [3.8, 4) is 5.88 Å². The van der Waals surface area contributed by atoms with Crippen LogP contribution < -0.4 is 15.8 Å². The van der Waals surface area contributed by atoms with Crippen LogP contribution in [0.2, 0.25) is 0 Å². The van der Waals surface area contributed by atoms with Crippen molar-refractivity contribution in [1.82, 2.24) is 4.98 Å². The molecule has 0 bridgehead atoms. The molecular formula is C14H23N3O2. The molecule has 1 aliphatic carbocycles. The van der Waals surface area contributed by atoms with Crippen molar-refractivity contribution in [2.24, 2.45) is 5.92 Å². The van der Waals surface area contributed by atoms with E-state index in [9.17, 15) is 5.11 Å². The number of pyridine rings is 1. The van der Waals surface area contributed by atoms with Crippen LogP contribution in [0.15, 0.2) is 12.1 Å². The number of anilines is 2. The fourth-order valence-corrected chi connectivity index (χ4v) is 1.95. The summed E-state index contributed by atoms with van der Waals surface area (Å²) in [7, 11) is 0. The van der Waals surface area contributed by atoms with Gasteiger partial charge in [-0.1, -0.05) is 0 Å². The van der Waals surface area contributed by atoms with E-state index in [1.807, 2.05) is 13.0 Å². The van der Waals surface area contributed by atoms with E-state index in [1.165, 1.54) is 12.8 Å². The largest absolute Gasteiger partial charge is 0.476 e. The van der Waals surface area contributed by atoms with Crippen molar-refractivity contribution in [3.63, 3.8) is 0 Å². The average molecular weight is 265 g/mol. The highest BCUT2D eigenvalue weighted by Crippen LogP contribution is 2.30. The van der Waals surface area contributed by atoms with Gasteiger partial charge >= 0.3 is 0 Å². The summed E-state index contributed by atoms with van der Waals surface area (Å²) < 4.78 is 5.64. The molecule has 0 amide bonds. The maximum Gasteiger partial charge on any atom is 0.239 e. The molecule has 19 heavy (non-hydrogen) atoms. The van der Waals surface area contributed by atoms with Crippen LogP contribution in [0.1, 0.15) is 33.1 Å². The number of ether oxygens (including phenoxy) is 1. The molecule has 1 saturated carbocycles. The Morgan fingerprint density at radius 1 is 1.47 bits per heavy atom. The third-order valence-electron chi connectivity index (χ3n) is 3.13. The van der Waals surface area contributed by atoms with Crippen LogP contribution in [0.5, 0.6) is 5.88 Å². The van der Waals surface area contributed by atoms with Crippen LogP contribution in [-0.4, -0.2) is 28.8 Å². The lowest BCUT2D eigenvalue weighted by atomic mass is 10.1. The van der Waals surface area contributed by atoms with E-state index in [1.54, 1.807) is 13.0 Å². The highest BCUT2D eigenvalue weighted by atomic mass is 16.5. The Kier molecular flexibility index (Phi) is 4.47. The third-order valence-corrected chi connectivity index (χ3v) is 3.13. The van der Waals surface area contributed by atoms with E-state index in [2.05, 4.69) is 10.3 Å². The standard InChI is InChI=1S/C14H23N3O2/c1-9(7-10(2)18)16-13-6-5-12(15)14(17-13)19-8-11-3-4-11/h5-6,9-11,18H,3-4,7-8,15H2,1-2H3,(H,16,17). The number of nitrogens with zero attached hydrogens (tertiary/aromatic N) is 1. The molecule has 5 heteroatoms. The number of nitrogens with one attached hydrogen (secondary N) is 1. The molecular weight excluding hydrogens is 242 g/mol. The Labute approximate surface area is 114 Å². The van der Waals surface area contributed by atoms with Crippen molar-refractivity contribution in [3.05, 3.63) is 12.1 Å². The highest BCUT2D eigenvalue weighted by molar-refractivity contribution is 5.53. The number of nitrogens with two attached hydrogens (primary N) is 1. The quantitative estimate of drug-likeness (QED) is 0.703. The number of hydrogen-bond donors (Lipinski definition) is 3. The maximum absolute atomic E-state index is 9.35. The van der Waals surface area contributed by atoms with Crippen molar-refractivity contribution in [2.75, 3.05) is 17.7 Å². The lowest BCUT2D eigenvalue weighted by Crippen LogP contribution is -2.21. The molecule has 1 heterocycles. The zero-order chi connectivity index (χ0) is 13.8. The van der Waals surface area contributed by atoms with Crippen LogP contribution in [0.3, 0.4) is 0 Å². The molecule has 1 aliphatic rings. The first-order valence-corrected chi connectivity index (χ1v) is 6.88. The Bertz CT molecular complexity index is 419. The fourth-order valence-electron chi connectivity index (χ4n) is 1.95. The van der Waals surface area contributed by atoms with Gasteiger partial charge in [0.05, 0.1) is 18.4 Å². The van der Waals surface area contributed by atoms with E-state index < -0.39 is 0 Å². The minimum atomic E-state index is -0.332. The fraction of sp³-hybridized carbons (Fsp3) is 0.643. The molecule has 0 aliphatic heterocycles. The Balaban J connectivity index is 1.94. The van der Waals surface area contributed by atoms with E-state index in [0.717, 1.165) is 5.82 Å². The Morgan fingerprint density at radius 2 is 2.21 bits per heavy atom. The molecule has 4 N–H and O–H groups in total. The molecule has 1 aromatic rings. The number of nitrogen functional groups attached to an aromatic ring is 1. The first kappa shape index (κ1) is 13.9. The number of rotatable bonds is 7. The Hall–Kier alpha value is -1.49. The van der Waals surface area contributed by atoms with Crippen LogP contribution in [0.4, 0.5) is 11.5 Å². The summed E-state index contributed by atoms with van der Waals surface area (Å²) in [6.45, 7) is 4.48. The normalized spacial score (nSPS) is 17.8. The minimum absolute atomic E-state index is 0.146. The van der Waals surface area contributed by atoms with Crippen molar-refractivity contribution in [2.45, 2.75) is 45.3 Å². The van der Waals surface area contributed by atoms with Crippen molar-refractivity contribution >= 4 is 11.5 Å². The second-order valence-electron chi connectivity index (χ2n) is 5.48. The second-order valence-corrected chi connectivity index (χ2v) is 5.48. The maximum atomic E-state index is 9.35. The predicted molar refractivity (Wildman–Crippen MR) is 76.3 cm³/mol. The van der Waals surface area contributed by atoms with Gasteiger partial charge in [-0.15, -0.1) is 0 Å². The molecule has 106 valence electrons. The Morgan fingerprint density at radius 3 is 2.84 bits per heavy atom. The van der Waals surface area contributed by atoms with Crippen LogP contribution in [-0.2, 0) is 0 Å². The summed E-state index contributed by atoms with van der Waals surface area (Å²) in [6.07, 6.45) is 2.82. The van der Waals surface area contributed by atoms with Gasteiger partial charge in [0.15, 0.2) is 0 Å². The van der Waals surface area contributed by atoms with Crippen LogP contribution >= 0.6 is 0 Å². The summed E-state index contributed by atoms with van der Waals surface area (Å²) in [6, 6.07) is 3.78. The lowest BCUT2D eigenvalue weighted by Gasteiger charge is -2.17. The van der Waals surface area contributed by atoms with Gasteiger partial charge in [-0.05, 0) is 51.2 Å². The van der Waals surface area contributed by atoms with E-state index in [-0.39, 0.29) is 12.1 Å². The van der Waals surface area contributed by atoms with Gasteiger partial charge in [0.2, 0.25) is 5.88 Å². The van der Waals surface area contributed by atoms with Crippen LogP contribution in [0.25, 0.3) is 0 Å². The minimum Gasteiger partial charge on any atom is -0.476 e. The van der Waals surface area contributed by atoms with E-state index in [4.69, 9.17) is 10.5 Å². The SMILES string of the molecule is CC(O)CC(C)Nc1ccc(N)c(OCC2CC2)n1. The smallest absolute Gasteiger partial charge is 0.239 e. The highest BCUT2D eigenvalue weighted by Gasteiger charge is 2.22. The zero-order valence-electron chi connectivity index (χ0n) is 11.6. The van der Waals surface area contributed by atoms with Gasteiger partial charge in [0.25, 0.3) is 0 Å². The molecule has 2 atom stereocenters. The molecule has 2 rings (SSSR count). The van der Waals surface area contributed by atoms with Crippen molar-refractivity contribution in [1.29, 1.82) is 0 Å². The third kappa shape index (κ3) is 4.59. The molecule has 0 spiro atoms. The summed E-state index contributed by atoms with van der Waals surface area (Å²) in [5.41, 5.74) is 6.42. The zero-order valence-corrected chi connectivity index (χ0v) is 11.6.